The molecule has 1 amide bonds. The standard InChI is InChI=1S/C14H16N2OS/c1-10-3-5-12(6-4-10)15-9-14-13(7-8-18-14)16-11(2)17/h3-8,15H,9H2,1-2H3,(H,16,17). The van der Waals surface area contributed by atoms with Crippen LogP contribution < -0.4 is 10.6 Å². The molecule has 0 unspecified atom stereocenters. The zero-order valence-electron chi connectivity index (χ0n) is 10.5. The van der Waals surface area contributed by atoms with E-state index in [1.54, 1.807) is 11.3 Å². The van der Waals surface area contributed by atoms with E-state index < -0.39 is 0 Å². The van der Waals surface area contributed by atoms with E-state index in [2.05, 4.69) is 41.8 Å². The molecule has 0 bridgehead atoms. The molecule has 0 aliphatic rings. The number of rotatable bonds is 4. The highest BCUT2D eigenvalue weighted by molar-refractivity contribution is 7.10. The van der Waals surface area contributed by atoms with Crippen molar-refractivity contribution < 1.29 is 4.79 Å². The third-order valence-corrected chi connectivity index (χ3v) is 3.48. The van der Waals surface area contributed by atoms with Crippen LogP contribution in [0.3, 0.4) is 0 Å². The first-order valence-electron chi connectivity index (χ1n) is 5.79. The third kappa shape index (κ3) is 3.34. The number of thiophene rings is 1. The van der Waals surface area contributed by atoms with Crippen molar-refractivity contribution in [3.8, 4) is 0 Å². The van der Waals surface area contributed by atoms with Crippen molar-refractivity contribution in [3.63, 3.8) is 0 Å². The van der Waals surface area contributed by atoms with Crippen LogP contribution in [0.2, 0.25) is 0 Å². The molecule has 2 aromatic rings. The fourth-order valence-electron chi connectivity index (χ4n) is 1.63. The van der Waals surface area contributed by atoms with Crippen molar-refractivity contribution in [2.75, 3.05) is 10.6 Å². The summed E-state index contributed by atoms with van der Waals surface area (Å²) in [7, 11) is 0. The number of aryl methyl sites for hydroxylation is 1. The second-order valence-electron chi connectivity index (χ2n) is 4.16. The number of carbonyl (C=O) groups excluding carboxylic acids is 1. The van der Waals surface area contributed by atoms with Gasteiger partial charge < -0.3 is 10.6 Å². The van der Waals surface area contributed by atoms with Gasteiger partial charge in [-0.1, -0.05) is 17.7 Å². The summed E-state index contributed by atoms with van der Waals surface area (Å²) in [5.74, 6) is -0.0371. The monoisotopic (exact) mass is 260 g/mol. The van der Waals surface area contributed by atoms with Gasteiger partial charge in [0.1, 0.15) is 0 Å². The van der Waals surface area contributed by atoms with Crippen molar-refractivity contribution in [2.24, 2.45) is 0 Å². The molecule has 18 heavy (non-hydrogen) atoms. The molecule has 2 rings (SSSR count). The summed E-state index contributed by atoms with van der Waals surface area (Å²) in [6.07, 6.45) is 0. The van der Waals surface area contributed by atoms with Crippen molar-refractivity contribution in [3.05, 3.63) is 46.2 Å². The number of hydrogen-bond donors (Lipinski definition) is 2. The molecule has 1 heterocycles. The van der Waals surface area contributed by atoms with E-state index in [0.29, 0.717) is 0 Å². The summed E-state index contributed by atoms with van der Waals surface area (Å²) in [5, 5.41) is 8.16. The lowest BCUT2D eigenvalue weighted by Crippen LogP contribution is -2.08. The van der Waals surface area contributed by atoms with Gasteiger partial charge in [-0.15, -0.1) is 11.3 Å². The van der Waals surface area contributed by atoms with E-state index in [1.807, 2.05) is 11.4 Å². The molecular formula is C14H16N2OS. The molecule has 4 heteroatoms. The lowest BCUT2D eigenvalue weighted by molar-refractivity contribution is -0.114. The Bertz CT molecular complexity index is 531. The van der Waals surface area contributed by atoms with Gasteiger partial charge in [0.05, 0.1) is 12.2 Å². The van der Waals surface area contributed by atoms with E-state index in [4.69, 9.17) is 0 Å². The molecule has 94 valence electrons. The van der Waals surface area contributed by atoms with Crippen LogP contribution in [-0.2, 0) is 11.3 Å². The van der Waals surface area contributed by atoms with Crippen LogP contribution in [0.5, 0.6) is 0 Å². The molecule has 0 aliphatic carbocycles. The van der Waals surface area contributed by atoms with Crippen LogP contribution >= 0.6 is 11.3 Å². The summed E-state index contributed by atoms with van der Waals surface area (Å²) in [6.45, 7) is 4.31. The fraction of sp³-hybridized carbons (Fsp3) is 0.214. The molecule has 0 radical (unpaired) electrons. The smallest absolute Gasteiger partial charge is 0.221 e. The molecule has 0 fully saturated rings. The van der Waals surface area contributed by atoms with Crippen LogP contribution in [0, 0.1) is 6.92 Å². The minimum absolute atomic E-state index is 0.0371. The number of benzene rings is 1. The van der Waals surface area contributed by atoms with Crippen LogP contribution in [0.1, 0.15) is 17.4 Å². The quantitative estimate of drug-likeness (QED) is 0.881. The van der Waals surface area contributed by atoms with Crippen molar-refractivity contribution in [2.45, 2.75) is 20.4 Å². The van der Waals surface area contributed by atoms with Gasteiger partial charge in [0.2, 0.25) is 5.91 Å². The van der Waals surface area contributed by atoms with E-state index >= 15 is 0 Å². The molecule has 1 aromatic carbocycles. The minimum atomic E-state index is -0.0371. The van der Waals surface area contributed by atoms with Gasteiger partial charge in [-0.05, 0) is 30.5 Å². The topological polar surface area (TPSA) is 41.1 Å². The van der Waals surface area contributed by atoms with Gasteiger partial charge in [-0.25, -0.2) is 0 Å². The molecule has 0 aliphatic heterocycles. The number of anilines is 2. The summed E-state index contributed by atoms with van der Waals surface area (Å²) in [4.78, 5) is 12.2. The predicted octanol–water partition coefficient (Wildman–Crippen LogP) is 3.63. The number of amides is 1. The highest BCUT2D eigenvalue weighted by Crippen LogP contribution is 2.23. The van der Waals surface area contributed by atoms with Gasteiger partial charge >= 0.3 is 0 Å². The highest BCUT2D eigenvalue weighted by Gasteiger charge is 2.05. The second-order valence-corrected chi connectivity index (χ2v) is 5.16. The molecule has 0 atom stereocenters. The molecule has 0 saturated carbocycles. The Labute approximate surface area is 111 Å². The maximum Gasteiger partial charge on any atom is 0.221 e. The Morgan fingerprint density at radius 2 is 1.94 bits per heavy atom. The maximum atomic E-state index is 11.0. The molecule has 2 N–H and O–H groups in total. The van der Waals surface area contributed by atoms with Crippen LogP contribution in [0.25, 0.3) is 0 Å². The lowest BCUT2D eigenvalue weighted by Gasteiger charge is -2.08. The van der Waals surface area contributed by atoms with Crippen LogP contribution in [0.4, 0.5) is 11.4 Å². The van der Waals surface area contributed by atoms with Crippen molar-refractivity contribution in [1.29, 1.82) is 0 Å². The molecule has 0 saturated heterocycles. The Morgan fingerprint density at radius 1 is 1.22 bits per heavy atom. The Hall–Kier alpha value is -1.81. The first-order valence-corrected chi connectivity index (χ1v) is 6.67. The number of nitrogens with one attached hydrogen (secondary N) is 2. The molecule has 1 aromatic heterocycles. The van der Waals surface area contributed by atoms with E-state index in [-0.39, 0.29) is 5.91 Å². The Balaban J connectivity index is 1.99. The summed E-state index contributed by atoms with van der Waals surface area (Å²) < 4.78 is 0. The van der Waals surface area contributed by atoms with Crippen molar-refractivity contribution >= 4 is 28.6 Å². The van der Waals surface area contributed by atoms with Gasteiger partial charge in [-0.3, -0.25) is 4.79 Å². The maximum absolute atomic E-state index is 11.0. The van der Waals surface area contributed by atoms with Crippen molar-refractivity contribution in [1.82, 2.24) is 0 Å². The average Bonchev–Trinajstić information content (AvgIpc) is 2.75. The highest BCUT2D eigenvalue weighted by atomic mass is 32.1. The normalized spacial score (nSPS) is 10.1. The Kier molecular flexibility index (Phi) is 3.99. The predicted molar refractivity (Wildman–Crippen MR) is 77.1 cm³/mol. The summed E-state index contributed by atoms with van der Waals surface area (Å²) in [5.41, 5.74) is 3.23. The number of hydrogen-bond acceptors (Lipinski definition) is 3. The SMILES string of the molecule is CC(=O)Nc1ccsc1CNc1ccc(C)cc1. The summed E-state index contributed by atoms with van der Waals surface area (Å²) >= 11 is 1.64. The van der Waals surface area contributed by atoms with E-state index in [9.17, 15) is 4.79 Å². The second kappa shape index (κ2) is 5.69. The van der Waals surface area contributed by atoms with Crippen LogP contribution in [-0.4, -0.2) is 5.91 Å². The fourth-order valence-corrected chi connectivity index (χ4v) is 2.40. The third-order valence-electron chi connectivity index (χ3n) is 2.56. The Morgan fingerprint density at radius 3 is 2.61 bits per heavy atom. The summed E-state index contributed by atoms with van der Waals surface area (Å²) in [6, 6.07) is 10.2. The van der Waals surface area contributed by atoms with Gasteiger partial charge in [0, 0.05) is 17.5 Å². The van der Waals surface area contributed by atoms with Crippen LogP contribution in [0.15, 0.2) is 35.7 Å². The number of carbonyl (C=O) groups is 1. The largest absolute Gasteiger partial charge is 0.380 e. The first-order chi connectivity index (χ1) is 8.65. The zero-order valence-corrected chi connectivity index (χ0v) is 11.3. The van der Waals surface area contributed by atoms with E-state index in [1.165, 1.54) is 12.5 Å². The van der Waals surface area contributed by atoms with Gasteiger partial charge in [0.15, 0.2) is 0 Å². The average molecular weight is 260 g/mol. The first kappa shape index (κ1) is 12.6. The lowest BCUT2D eigenvalue weighted by atomic mass is 10.2. The van der Waals surface area contributed by atoms with E-state index in [0.717, 1.165) is 22.8 Å². The molecule has 3 nitrogen and oxygen atoms in total. The van der Waals surface area contributed by atoms with Gasteiger partial charge in [-0.2, -0.15) is 0 Å². The molecule has 0 spiro atoms. The zero-order chi connectivity index (χ0) is 13.0. The van der Waals surface area contributed by atoms with Gasteiger partial charge in [0.25, 0.3) is 0 Å². The minimum Gasteiger partial charge on any atom is -0.380 e. The molecular weight excluding hydrogens is 244 g/mol.